The normalized spacial score (nSPS) is 16.3. The minimum atomic E-state index is -4.03. The van der Waals surface area contributed by atoms with Crippen LogP contribution in [0, 0.1) is 6.92 Å². The molecule has 1 aliphatic heterocycles. The average Bonchev–Trinajstić information content (AvgIpc) is 2.91. The van der Waals surface area contributed by atoms with Gasteiger partial charge in [-0.2, -0.15) is 0 Å². The average molecular weight is 523 g/mol. The highest BCUT2D eigenvalue weighted by molar-refractivity contribution is 7.92. The first-order valence-electron chi connectivity index (χ1n) is 12.5. The maximum absolute atomic E-state index is 13.8. The van der Waals surface area contributed by atoms with E-state index in [0.29, 0.717) is 17.9 Å². The molecule has 7 nitrogen and oxygen atoms in total. The topological polar surface area (TPSA) is 84.9 Å². The Morgan fingerprint density at radius 1 is 1.05 bits per heavy atom. The van der Waals surface area contributed by atoms with E-state index in [1.165, 1.54) is 7.11 Å². The zero-order valence-corrected chi connectivity index (χ0v) is 22.5. The summed E-state index contributed by atoms with van der Waals surface area (Å²) in [7, 11) is -2.52. The number of para-hydroxylation sites is 1. The van der Waals surface area contributed by atoms with Crippen LogP contribution in [-0.4, -0.2) is 33.6 Å². The number of nitrogens with one attached hydrogen (secondary N) is 1. The zero-order chi connectivity index (χ0) is 26.6. The number of rotatable bonds is 9. The molecular weight excluding hydrogens is 488 g/mol. The Morgan fingerprint density at radius 2 is 1.76 bits per heavy atom. The van der Waals surface area contributed by atoms with Gasteiger partial charge in [0.25, 0.3) is 10.0 Å². The Balaban J connectivity index is 1.67. The second-order valence-electron chi connectivity index (χ2n) is 9.38. The van der Waals surface area contributed by atoms with Gasteiger partial charge in [-0.05, 0) is 50.1 Å². The standard InChI is InChI=1S/C29H34N2O5S/c1-5-29(6-2)19-26(25-12-7-8-13-27(25)36-29)30-28(32)20-31(22-10-9-11-23(18-22)35-4)37(33,34)24-16-14-21(3)15-17-24/h7-18,26H,5-6,19-20H2,1-4H3,(H,30,32). The van der Waals surface area contributed by atoms with Crippen molar-refractivity contribution in [1.29, 1.82) is 0 Å². The predicted molar refractivity (Wildman–Crippen MR) is 145 cm³/mol. The number of sulfonamides is 1. The molecule has 0 fully saturated rings. The maximum atomic E-state index is 13.8. The van der Waals surface area contributed by atoms with E-state index in [1.807, 2.05) is 31.2 Å². The van der Waals surface area contributed by atoms with Gasteiger partial charge in [0.2, 0.25) is 5.91 Å². The Kier molecular flexibility index (Phi) is 7.78. The molecule has 37 heavy (non-hydrogen) atoms. The summed E-state index contributed by atoms with van der Waals surface area (Å²) < 4.78 is 40.3. The van der Waals surface area contributed by atoms with E-state index in [-0.39, 0.29) is 17.5 Å². The third kappa shape index (κ3) is 5.59. The van der Waals surface area contributed by atoms with Crippen LogP contribution in [0.4, 0.5) is 5.69 Å². The van der Waals surface area contributed by atoms with Gasteiger partial charge in [-0.3, -0.25) is 9.10 Å². The second-order valence-corrected chi connectivity index (χ2v) is 11.2. The highest BCUT2D eigenvalue weighted by atomic mass is 32.2. The van der Waals surface area contributed by atoms with Crippen LogP contribution in [0.2, 0.25) is 0 Å². The molecule has 1 amide bonds. The number of hydrogen-bond donors (Lipinski definition) is 1. The number of fused-ring (bicyclic) bond motifs is 1. The van der Waals surface area contributed by atoms with E-state index in [9.17, 15) is 13.2 Å². The third-order valence-corrected chi connectivity index (χ3v) is 8.85. The fraction of sp³-hybridized carbons (Fsp3) is 0.345. The van der Waals surface area contributed by atoms with Gasteiger partial charge in [0, 0.05) is 18.1 Å². The predicted octanol–water partition coefficient (Wildman–Crippen LogP) is 5.40. The molecule has 0 radical (unpaired) electrons. The van der Waals surface area contributed by atoms with Crippen molar-refractivity contribution in [3.05, 3.63) is 83.9 Å². The lowest BCUT2D eigenvalue weighted by Crippen LogP contribution is -2.47. The number of ether oxygens (including phenoxy) is 2. The molecule has 1 N–H and O–H groups in total. The van der Waals surface area contributed by atoms with Crippen molar-refractivity contribution in [1.82, 2.24) is 5.32 Å². The highest BCUT2D eigenvalue weighted by Crippen LogP contribution is 2.42. The first kappa shape index (κ1) is 26.5. The van der Waals surface area contributed by atoms with Crippen LogP contribution >= 0.6 is 0 Å². The Morgan fingerprint density at radius 3 is 2.43 bits per heavy atom. The molecular formula is C29H34N2O5S. The molecule has 1 atom stereocenters. The summed E-state index contributed by atoms with van der Waals surface area (Å²) in [4.78, 5) is 13.6. The Labute approximate surface area is 219 Å². The van der Waals surface area contributed by atoms with Gasteiger partial charge in [-0.25, -0.2) is 8.42 Å². The van der Waals surface area contributed by atoms with E-state index >= 15 is 0 Å². The van der Waals surface area contributed by atoms with Crippen molar-refractivity contribution in [3.8, 4) is 11.5 Å². The quantitative estimate of drug-likeness (QED) is 0.407. The lowest BCUT2D eigenvalue weighted by atomic mass is 9.83. The molecule has 1 unspecified atom stereocenters. The molecule has 1 heterocycles. The number of carbonyl (C=O) groups excluding carboxylic acids is 1. The molecule has 4 rings (SSSR count). The minimum Gasteiger partial charge on any atom is -0.497 e. The first-order valence-corrected chi connectivity index (χ1v) is 14.0. The van der Waals surface area contributed by atoms with E-state index in [1.54, 1.807) is 48.5 Å². The van der Waals surface area contributed by atoms with Crippen LogP contribution in [0.1, 0.15) is 50.3 Å². The number of benzene rings is 3. The summed E-state index contributed by atoms with van der Waals surface area (Å²) in [5.74, 6) is 0.844. The summed E-state index contributed by atoms with van der Waals surface area (Å²) in [5.41, 5.74) is 1.78. The summed E-state index contributed by atoms with van der Waals surface area (Å²) in [5, 5.41) is 3.10. The Bertz CT molecular complexity index is 1350. The van der Waals surface area contributed by atoms with Gasteiger partial charge in [-0.15, -0.1) is 0 Å². The van der Waals surface area contributed by atoms with Crippen molar-refractivity contribution in [2.75, 3.05) is 18.0 Å². The monoisotopic (exact) mass is 522 g/mol. The Hall–Kier alpha value is -3.52. The van der Waals surface area contributed by atoms with E-state index in [4.69, 9.17) is 9.47 Å². The number of methoxy groups -OCH3 is 1. The van der Waals surface area contributed by atoms with Gasteiger partial charge in [0.05, 0.1) is 23.7 Å². The van der Waals surface area contributed by atoms with Crippen molar-refractivity contribution in [3.63, 3.8) is 0 Å². The molecule has 3 aromatic carbocycles. The molecule has 0 aromatic heterocycles. The molecule has 0 spiro atoms. The first-order chi connectivity index (χ1) is 17.7. The molecule has 8 heteroatoms. The second kappa shape index (κ2) is 10.8. The number of amides is 1. The number of anilines is 1. The zero-order valence-electron chi connectivity index (χ0n) is 21.7. The highest BCUT2D eigenvalue weighted by Gasteiger charge is 2.39. The minimum absolute atomic E-state index is 0.112. The number of carbonyl (C=O) groups is 1. The smallest absolute Gasteiger partial charge is 0.264 e. The fourth-order valence-corrected chi connectivity index (χ4v) is 6.13. The van der Waals surface area contributed by atoms with Crippen LogP contribution < -0.4 is 19.1 Å². The van der Waals surface area contributed by atoms with Crippen LogP contribution in [0.25, 0.3) is 0 Å². The van der Waals surface area contributed by atoms with E-state index in [2.05, 4.69) is 19.2 Å². The van der Waals surface area contributed by atoms with Crippen LogP contribution in [0.5, 0.6) is 11.5 Å². The lowest BCUT2D eigenvalue weighted by Gasteiger charge is -2.41. The van der Waals surface area contributed by atoms with Crippen molar-refractivity contribution >= 4 is 21.6 Å². The molecule has 0 saturated carbocycles. The molecule has 0 bridgehead atoms. The van der Waals surface area contributed by atoms with Crippen molar-refractivity contribution in [2.45, 2.75) is 56.6 Å². The van der Waals surface area contributed by atoms with Gasteiger partial charge < -0.3 is 14.8 Å². The van der Waals surface area contributed by atoms with Crippen molar-refractivity contribution in [2.24, 2.45) is 0 Å². The summed E-state index contributed by atoms with van der Waals surface area (Å²) >= 11 is 0. The molecule has 3 aromatic rings. The van der Waals surface area contributed by atoms with Gasteiger partial charge in [-0.1, -0.05) is 55.8 Å². The number of nitrogens with zero attached hydrogens (tertiary/aromatic N) is 1. The molecule has 196 valence electrons. The van der Waals surface area contributed by atoms with Gasteiger partial charge in [0.15, 0.2) is 0 Å². The third-order valence-electron chi connectivity index (χ3n) is 7.06. The van der Waals surface area contributed by atoms with E-state index < -0.39 is 21.5 Å². The molecule has 0 saturated heterocycles. The molecule has 0 aliphatic carbocycles. The fourth-order valence-electron chi connectivity index (χ4n) is 4.72. The number of aryl methyl sites for hydroxylation is 1. The van der Waals surface area contributed by atoms with Crippen LogP contribution in [0.3, 0.4) is 0 Å². The van der Waals surface area contributed by atoms with Crippen molar-refractivity contribution < 1.29 is 22.7 Å². The largest absolute Gasteiger partial charge is 0.497 e. The number of hydrogen-bond acceptors (Lipinski definition) is 5. The SMILES string of the molecule is CCC1(CC)CC(NC(=O)CN(c2cccc(OC)c2)S(=O)(=O)c2ccc(C)cc2)c2ccccc2O1. The summed E-state index contributed by atoms with van der Waals surface area (Å²) in [6.07, 6.45) is 2.19. The summed E-state index contributed by atoms with van der Waals surface area (Å²) in [6, 6.07) is 20.7. The maximum Gasteiger partial charge on any atom is 0.264 e. The van der Waals surface area contributed by atoms with E-state index in [0.717, 1.165) is 34.0 Å². The lowest BCUT2D eigenvalue weighted by molar-refractivity contribution is -0.121. The van der Waals surface area contributed by atoms with Gasteiger partial charge in [0.1, 0.15) is 23.6 Å². The summed E-state index contributed by atoms with van der Waals surface area (Å²) in [6.45, 7) is 5.67. The van der Waals surface area contributed by atoms with Crippen LogP contribution in [-0.2, 0) is 14.8 Å². The van der Waals surface area contributed by atoms with Gasteiger partial charge >= 0.3 is 0 Å². The van der Waals surface area contributed by atoms with Crippen LogP contribution in [0.15, 0.2) is 77.7 Å². The molecule has 1 aliphatic rings.